The lowest BCUT2D eigenvalue weighted by molar-refractivity contribution is -0.122. The van der Waals surface area contributed by atoms with Crippen LogP contribution in [-0.4, -0.2) is 43.5 Å². The van der Waals surface area contributed by atoms with Crippen molar-refractivity contribution >= 4 is 5.91 Å². The fourth-order valence-electron chi connectivity index (χ4n) is 1.34. The molecular formula is C11H25N3O. The molecule has 0 aliphatic rings. The van der Waals surface area contributed by atoms with Crippen LogP contribution in [-0.2, 0) is 4.79 Å². The summed E-state index contributed by atoms with van der Waals surface area (Å²) in [5.74, 6) is 0.530. The van der Waals surface area contributed by atoms with E-state index in [2.05, 4.69) is 19.2 Å². The molecule has 2 atom stereocenters. The lowest BCUT2D eigenvalue weighted by atomic mass is 10.2. The Morgan fingerprint density at radius 1 is 1.47 bits per heavy atom. The van der Waals surface area contributed by atoms with Crippen LogP contribution in [0.4, 0.5) is 0 Å². The van der Waals surface area contributed by atoms with Crippen LogP contribution in [0.2, 0.25) is 0 Å². The molecular weight excluding hydrogens is 190 g/mol. The smallest absolute Gasteiger partial charge is 0.234 e. The van der Waals surface area contributed by atoms with Gasteiger partial charge in [-0.05, 0) is 32.9 Å². The second-order valence-electron chi connectivity index (χ2n) is 4.41. The van der Waals surface area contributed by atoms with Crippen molar-refractivity contribution in [2.45, 2.75) is 33.2 Å². The van der Waals surface area contributed by atoms with Gasteiger partial charge in [0.15, 0.2) is 0 Å². The number of amides is 1. The van der Waals surface area contributed by atoms with Crippen LogP contribution in [0.25, 0.3) is 0 Å². The molecule has 90 valence electrons. The van der Waals surface area contributed by atoms with Gasteiger partial charge in [0, 0.05) is 12.6 Å². The fraction of sp³-hybridized carbons (Fsp3) is 0.909. The predicted octanol–water partition coefficient (Wildman–Crippen LogP) is 0.428. The Kier molecular flexibility index (Phi) is 7.34. The number of hydrogen-bond donors (Lipinski definition) is 2. The van der Waals surface area contributed by atoms with E-state index in [1.165, 1.54) is 0 Å². The number of carbonyl (C=O) groups is 1. The molecule has 0 aromatic carbocycles. The highest BCUT2D eigenvalue weighted by molar-refractivity contribution is 5.78. The molecule has 0 heterocycles. The first-order chi connectivity index (χ1) is 6.99. The van der Waals surface area contributed by atoms with Crippen LogP contribution in [0.3, 0.4) is 0 Å². The van der Waals surface area contributed by atoms with E-state index >= 15 is 0 Å². The highest BCUT2D eigenvalue weighted by Crippen LogP contribution is 1.95. The summed E-state index contributed by atoms with van der Waals surface area (Å²) < 4.78 is 0. The monoisotopic (exact) mass is 215 g/mol. The highest BCUT2D eigenvalue weighted by atomic mass is 16.2. The molecule has 0 aliphatic carbocycles. The van der Waals surface area contributed by atoms with E-state index < -0.39 is 0 Å². The van der Waals surface area contributed by atoms with Crippen LogP contribution in [0.1, 0.15) is 27.2 Å². The van der Waals surface area contributed by atoms with E-state index in [9.17, 15) is 4.79 Å². The molecule has 0 spiro atoms. The van der Waals surface area contributed by atoms with Crippen molar-refractivity contribution < 1.29 is 4.79 Å². The highest BCUT2D eigenvalue weighted by Gasteiger charge is 2.10. The Labute approximate surface area is 93.2 Å². The Balaban J connectivity index is 3.76. The van der Waals surface area contributed by atoms with Crippen molar-refractivity contribution in [1.82, 2.24) is 10.2 Å². The van der Waals surface area contributed by atoms with E-state index in [4.69, 9.17) is 5.73 Å². The lowest BCUT2D eigenvalue weighted by Gasteiger charge is -2.20. The molecule has 0 aromatic rings. The molecule has 0 aliphatic heterocycles. The normalized spacial score (nSPS) is 15.1. The zero-order valence-corrected chi connectivity index (χ0v) is 10.4. The van der Waals surface area contributed by atoms with Crippen molar-refractivity contribution in [3.63, 3.8) is 0 Å². The average Bonchev–Trinajstić information content (AvgIpc) is 2.16. The van der Waals surface area contributed by atoms with Crippen molar-refractivity contribution in [3.05, 3.63) is 0 Å². The lowest BCUT2D eigenvalue weighted by Crippen LogP contribution is -2.41. The third-order valence-electron chi connectivity index (χ3n) is 2.46. The Morgan fingerprint density at radius 3 is 2.53 bits per heavy atom. The van der Waals surface area contributed by atoms with E-state index in [0.29, 0.717) is 19.0 Å². The molecule has 4 nitrogen and oxygen atoms in total. The minimum atomic E-state index is 0.0936. The van der Waals surface area contributed by atoms with Gasteiger partial charge in [-0.25, -0.2) is 0 Å². The van der Waals surface area contributed by atoms with Crippen LogP contribution < -0.4 is 11.1 Å². The third-order valence-corrected chi connectivity index (χ3v) is 2.46. The maximum atomic E-state index is 11.5. The summed E-state index contributed by atoms with van der Waals surface area (Å²) in [6, 6.07) is 0.262. The minimum Gasteiger partial charge on any atom is -0.353 e. The van der Waals surface area contributed by atoms with E-state index in [-0.39, 0.29) is 11.9 Å². The molecule has 15 heavy (non-hydrogen) atoms. The molecule has 0 saturated carbocycles. The van der Waals surface area contributed by atoms with Gasteiger partial charge in [-0.2, -0.15) is 0 Å². The third kappa shape index (κ3) is 7.33. The molecule has 0 rings (SSSR count). The summed E-state index contributed by atoms with van der Waals surface area (Å²) in [6.45, 7) is 8.14. The van der Waals surface area contributed by atoms with Crippen molar-refractivity contribution in [2.75, 3.05) is 26.7 Å². The summed E-state index contributed by atoms with van der Waals surface area (Å²) in [7, 11) is 1.95. The predicted molar refractivity (Wildman–Crippen MR) is 63.6 cm³/mol. The van der Waals surface area contributed by atoms with Crippen molar-refractivity contribution in [1.29, 1.82) is 0 Å². The number of hydrogen-bond acceptors (Lipinski definition) is 3. The molecule has 0 aromatic heterocycles. The van der Waals surface area contributed by atoms with Gasteiger partial charge in [0.2, 0.25) is 5.91 Å². The SMILES string of the molecule is CCC(C)NC(=O)CN(C)CC(C)CN. The van der Waals surface area contributed by atoms with Crippen molar-refractivity contribution in [2.24, 2.45) is 11.7 Å². The van der Waals surface area contributed by atoms with Crippen LogP contribution >= 0.6 is 0 Å². The largest absolute Gasteiger partial charge is 0.353 e. The minimum absolute atomic E-state index is 0.0936. The first-order valence-corrected chi connectivity index (χ1v) is 5.67. The fourth-order valence-corrected chi connectivity index (χ4v) is 1.34. The quantitative estimate of drug-likeness (QED) is 0.647. The molecule has 0 bridgehead atoms. The molecule has 0 saturated heterocycles. The molecule has 0 radical (unpaired) electrons. The topological polar surface area (TPSA) is 58.4 Å². The molecule has 0 fully saturated rings. The van der Waals surface area contributed by atoms with E-state index in [1.54, 1.807) is 0 Å². The summed E-state index contributed by atoms with van der Waals surface area (Å²) in [5.41, 5.74) is 5.53. The summed E-state index contributed by atoms with van der Waals surface area (Å²) in [4.78, 5) is 13.5. The van der Waals surface area contributed by atoms with Gasteiger partial charge in [-0.15, -0.1) is 0 Å². The van der Waals surface area contributed by atoms with Crippen LogP contribution in [0.15, 0.2) is 0 Å². The van der Waals surface area contributed by atoms with Gasteiger partial charge in [0.1, 0.15) is 0 Å². The molecule has 4 heteroatoms. The molecule has 2 unspecified atom stereocenters. The van der Waals surface area contributed by atoms with Gasteiger partial charge in [-0.3, -0.25) is 9.69 Å². The van der Waals surface area contributed by atoms with E-state index in [1.807, 2.05) is 18.9 Å². The molecule has 3 N–H and O–H groups in total. The Bertz CT molecular complexity index is 185. The maximum Gasteiger partial charge on any atom is 0.234 e. The zero-order valence-electron chi connectivity index (χ0n) is 10.4. The van der Waals surface area contributed by atoms with Gasteiger partial charge in [0.25, 0.3) is 0 Å². The maximum absolute atomic E-state index is 11.5. The van der Waals surface area contributed by atoms with Gasteiger partial charge in [0.05, 0.1) is 6.54 Å². The Morgan fingerprint density at radius 2 is 2.07 bits per heavy atom. The van der Waals surface area contributed by atoms with Crippen molar-refractivity contribution in [3.8, 4) is 0 Å². The number of nitrogens with two attached hydrogens (primary N) is 1. The van der Waals surface area contributed by atoms with Gasteiger partial charge < -0.3 is 11.1 Å². The summed E-state index contributed by atoms with van der Waals surface area (Å²) in [6.07, 6.45) is 0.967. The van der Waals surface area contributed by atoms with Gasteiger partial charge >= 0.3 is 0 Å². The first kappa shape index (κ1) is 14.4. The standard InChI is InChI=1S/C11H25N3O/c1-5-10(3)13-11(15)8-14(4)7-9(2)6-12/h9-10H,5-8,12H2,1-4H3,(H,13,15). The number of rotatable bonds is 7. The number of carbonyl (C=O) groups excluding carboxylic acids is 1. The summed E-state index contributed by atoms with van der Waals surface area (Å²) >= 11 is 0. The number of nitrogens with zero attached hydrogens (tertiary/aromatic N) is 1. The average molecular weight is 215 g/mol. The van der Waals surface area contributed by atoms with Crippen LogP contribution in [0, 0.1) is 5.92 Å². The Hall–Kier alpha value is -0.610. The zero-order chi connectivity index (χ0) is 11.8. The van der Waals surface area contributed by atoms with Crippen LogP contribution in [0.5, 0.6) is 0 Å². The second kappa shape index (κ2) is 7.65. The first-order valence-electron chi connectivity index (χ1n) is 5.67. The number of likely N-dealkylation sites (N-methyl/N-ethyl adjacent to an activating group) is 1. The number of nitrogens with one attached hydrogen (secondary N) is 1. The molecule has 1 amide bonds. The van der Waals surface area contributed by atoms with E-state index in [0.717, 1.165) is 13.0 Å². The second-order valence-corrected chi connectivity index (χ2v) is 4.41. The summed E-state index contributed by atoms with van der Waals surface area (Å²) in [5, 5.41) is 2.94. The van der Waals surface area contributed by atoms with Gasteiger partial charge in [-0.1, -0.05) is 13.8 Å².